The van der Waals surface area contributed by atoms with E-state index >= 15 is 0 Å². The van der Waals surface area contributed by atoms with Crippen molar-refractivity contribution in [3.63, 3.8) is 0 Å². The number of rotatable bonds is 4. The van der Waals surface area contributed by atoms with Crippen LogP contribution in [0.5, 0.6) is 0 Å². The molecule has 1 aromatic carbocycles. The number of aliphatic imine (C=N–C) groups is 1. The molecule has 0 radical (unpaired) electrons. The van der Waals surface area contributed by atoms with E-state index < -0.39 is 0 Å². The first-order chi connectivity index (χ1) is 8.86. The van der Waals surface area contributed by atoms with Crippen LogP contribution in [-0.4, -0.2) is 25.6 Å². The summed E-state index contributed by atoms with van der Waals surface area (Å²) in [5.74, 6) is 1.00. The summed E-state index contributed by atoms with van der Waals surface area (Å²) in [5, 5.41) is 6.81. The van der Waals surface area contributed by atoms with Gasteiger partial charge in [0.2, 0.25) is 0 Å². The lowest BCUT2D eigenvalue weighted by Crippen LogP contribution is -2.43. The average molecular weight is 371 g/mol. The molecule has 0 spiro atoms. The molecule has 3 rings (SSSR count). The van der Waals surface area contributed by atoms with Crippen LogP contribution in [0.2, 0.25) is 0 Å². The fourth-order valence-electron chi connectivity index (χ4n) is 2.54. The van der Waals surface area contributed by atoms with Gasteiger partial charge in [0.15, 0.2) is 5.96 Å². The second-order valence-corrected chi connectivity index (χ2v) is 5.53. The number of nitrogens with one attached hydrogen (secondary N) is 2. The molecule has 19 heavy (non-hydrogen) atoms. The van der Waals surface area contributed by atoms with E-state index in [4.69, 9.17) is 0 Å². The first-order valence-corrected chi connectivity index (χ1v) is 6.93. The first kappa shape index (κ1) is 14.6. The van der Waals surface area contributed by atoms with E-state index in [0.717, 1.165) is 32.0 Å². The molecule has 1 heterocycles. The first-order valence-electron chi connectivity index (χ1n) is 6.93. The van der Waals surface area contributed by atoms with Crippen molar-refractivity contribution in [2.24, 2.45) is 10.4 Å². The molecule has 0 atom stereocenters. The summed E-state index contributed by atoms with van der Waals surface area (Å²) in [6, 6.07) is 10.8. The van der Waals surface area contributed by atoms with Gasteiger partial charge in [-0.1, -0.05) is 30.3 Å². The molecule has 104 valence electrons. The number of benzene rings is 1. The maximum Gasteiger partial charge on any atom is 0.191 e. The Hall–Kier alpha value is -0.780. The predicted molar refractivity (Wildman–Crippen MR) is 90.2 cm³/mol. The van der Waals surface area contributed by atoms with E-state index in [2.05, 4.69) is 46.0 Å². The number of halogens is 1. The van der Waals surface area contributed by atoms with E-state index in [9.17, 15) is 0 Å². The highest BCUT2D eigenvalue weighted by molar-refractivity contribution is 14.0. The molecular formula is C15H22IN3. The van der Waals surface area contributed by atoms with Gasteiger partial charge in [-0.05, 0) is 36.7 Å². The molecule has 0 aromatic heterocycles. The highest BCUT2D eigenvalue weighted by Gasteiger charge is 2.42. The molecule has 0 saturated heterocycles. The van der Waals surface area contributed by atoms with Gasteiger partial charge in [0, 0.05) is 19.6 Å². The summed E-state index contributed by atoms with van der Waals surface area (Å²) in [7, 11) is 0. The number of guanidine groups is 1. The Morgan fingerprint density at radius 3 is 2.63 bits per heavy atom. The number of nitrogens with zero attached hydrogens (tertiary/aromatic N) is 1. The number of hydrogen-bond donors (Lipinski definition) is 2. The lowest BCUT2D eigenvalue weighted by Gasteiger charge is -2.20. The molecule has 2 aliphatic rings. The normalized spacial score (nSPS) is 19.7. The van der Waals surface area contributed by atoms with Crippen molar-refractivity contribution >= 4 is 29.9 Å². The van der Waals surface area contributed by atoms with Crippen molar-refractivity contribution < 1.29 is 0 Å². The summed E-state index contributed by atoms with van der Waals surface area (Å²) in [6.07, 6.45) is 5.01. The highest BCUT2D eigenvalue weighted by atomic mass is 127. The zero-order valence-corrected chi connectivity index (χ0v) is 13.5. The Morgan fingerprint density at radius 1 is 1.21 bits per heavy atom. The third-order valence-electron chi connectivity index (χ3n) is 3.91. The van der Waals surface area contributed by atoms with Crippen LogP contribution in [0.4, 0.5) is 0 Å². The Bertz CT molecular complexity index is 426. The molecule has 2 N–H and O–H groups in total. The highest BCUT2D eigenvalue weighted by Crippen LogP contribution is 2.47. The quantitative estimate of drug-likeness (QED) is 0.799. The Balaban J connectivity index is 0.00000133. The largest absolute Gasteiger partial charge is 0.356 e. The monoisotopic (exact) mass is 371 g/mol. The van der Waals surface area contributed by atoms with Gasteiger partial charge in [0.05, 0.1) is 0 Å². The zero-order chi connectivity index (χ0) is 12.3. The summed E-state index contributed by atoms with van der Waals surface area (Å²) in [4.78, 5) is 4.46. The van der Waals surface area contributed by atoms with Crippen molar-refractivity contribution in [2.75, 3.05) is 19.6 Å². The Labute approximate surface area is 132 Å². The molecule has 1 aliphatic carbocycles. The van der Waals surface area contributed by atoms with Crippen LogP contribution in [0, 0.1) is 5.41 Å². The summed E-state index contributed by atoms with van der Waals surface area (Å²) in [5.41, 5.74) is 1.93. The van der Waals surface area contributed by atoms with Gasteiger partial charge in [-0.2, -0.15) is 0 Å². The molecule has 0 bridgehead atoms. The minimum atomic E-state index is 0. The third-order valence-corrected chi connectivity index (χ3v) is 3.91. The van der Waals surface area contributed by atoms with Crippen molar-refractivity contribution in [1.82, 2.24) is 10.6 Å². The molecule has 3 nitrogen and oxygen atoms in total. The summed E-state index contributed by atoms with van der Waals surface area (Å²) < 4.78 is 0. The van der Waals surface area contributed by atoms with Crippen LogP contribution in [0.25, 0.3) is 0 Å². The fraction of sp³-hybridized carbons (Fsp3) is 0.533. The number of hydrogen-bond acceptors (Lipinski definition) is 3. The van der Waals surface area contributed by atoms with E-state index in [1.54, 1.807) is 0 Å². The predicted octanol–water partition coefficient (Wildman–Crippen LogP) is 2.57. The van der Waals surface area contributed by atoms with Gasteiger partial charge >= 0.3 is 0 Å². The standard InChI is InChI=1S/C15H21N3.HI/c1-2-5-13(6-3-1)11-15(7-8-15)12-18-14-16-9-4-10-17-14;/h1-3,5-6H,4,7-12H2,(H2,16,17,18);1H. The van der Waals surface area contributed by atoms with E-state index in [0.29, 0.717) is 5.41 Å². The second-order valence-electron chi connectivity index (χ2n) is 5.53. The smallest absolute Gasteiger partial charge is 0.191 e. The minimum absolute atomic E-state index is 0. The lowest BCUT2D eigenvalue weighted by molar-refractivity contribution is 0.490. The fourth-order valence-corrected chi connectivity index (χ4v) is 2.54. The Morgan fingerprint density at radius 2 is 2.00 bits per heavy atom. The van der Waals surface area contributed by atoms with Crippen molar-refractivity contribution in [3.05, 3.63) is 35.9 Å². The van der Waals surface area contributed by atoms with E-state index in [1.165, 1.54) is 24.8 Å². The van der Waals surface area contributed by atoms with Crippen LogP contribution < -0.4 is 10.6 Å². The molecule has 1 saturated carbocycles. The third kappa shape index (κ3) is 4.09. The molecule has 0 unspecified atom stereocenters. The van der Waals surface area contributed by atoms with E-state index in [1.807, 2.05) is 0 Å². The van der Waals surface area contributed by atoms with Crippen LogP contribution >= 0.6 is 24.0 Å². The zero-order valence-electron chi connectivity index (χ0n) is 11.2. The van der Waals surface area contributed by atoms with Crippen LogP contribution in [0.3, 0.4) is 0 Å². The maximum absolute atomic E-state index is 4.46. The van der Waals surface area contributed by atoms with Gasteiger partial charge < -0.3 is 10.6 Å². The topological polar surface area (TPSA) is 36.4 Å². The average Bonchev–Trinajstić information content (AvgIpc) is 3.19. The summed E-state index contributed by atoms with van der Waals surface area (Å²) >= 11 is 0. The van der Waals surface area contributed by atoms with Crippen LogP contribution in [0.1, 0.15) is 24.8 Å². The molecular weight excluding hydrogens is 349 g/mol. The molecule has 1 fully saturated rings. The van der Waals surface area contributed by atoms with E-state index in [-0.39, 0.29) is 24.0 Å². The van der Waals surface area contributed by atoms with Crippen molar-refractivity contribution in [1.29, 1.82) is 0 Å². The van der Waals surface area contributed by atoms with Gasteiger partial charge in [0.25, 0.3) is 0 Å². The second kappa shape index (κ2) is 6.59. The molecule has 1 aromatic rings. The van der Waals surface area contributed by atoms with Gasteiger partial charge in [0.1, 0.15) is 0 Å². The molecule has 1 aliphatic heterocycles. The molecule has 0 amide bonds. The molecule has 4 heteroatoms. The van der Waals surface area contributed by atoms with Crippen molar-refractivity contribution in [3.8, 4) is 0 Å². The van der Waals surface area contributed by atoms with Gasteiger partial charge in [-0.15, -0.1) is 24.0 Å². The van der Waals surface area contributed by atoms with Gasteiger partial charge in [-0.3, -0.25) is 4.99 Å². The van der Waals surface area contributed by atoms with Crippen molar-refractivity contribution in [2.45, 2.75) is 25.7 Å². The minimum Gasteiger partial charge on any atom is -0.356 e. The lowest BCUT2D eigenvalue weighted by atomic mass is 9.96. The van der Waals surface area contributed by atoms with Gasteiger partial charge in [-0.25, -0.2) is 0 Å². The Kier molecular flexibility index (Phi) is 5.07. The summed E-state index contributed by atoms with van der Waals surface area (Å²) in [6.45, 7) is 3.06. The SMILES string of the molecule is I.c1ccc(CC2(CNC3=NCCCN3)CC2)cc1. The maximum atomic E-state index is 4.46. The van der Waals surface area contributed by atoms with Crippen LogP contribution in [0.15, 0.2) is 35.3 Å². The van der Waals surface area contributed by atoms with Crippen LogP contribution in [-0.2, 0) is 6.42 Å².